The van der Waals surface area contributed by atoms with Crippen molar-refractivity contribution in [1.29, 1.82) is 0 Å². The van der Waals surface area contributed by atoms with Crippen LogP contribution in [0.4, 0.5) is 0 Å². The van der Waals surface area contributed by atoms with Crippen molar-refractivity contribution >= 4 is 39.3 Å². The quantitative estimate of drug-likeness (QED) is 0.336. The molecule has 35 heavy (non-hydrogen) atoms. The molecule has 1 saturated carbocycles. The van der Waals surface area contributed by atoms with Crippen molar-refractivity contribution < 1.29 is 9.59 Å². The van der Waals surface area contributed by atoms with Crippen LogP contribution in [0.2, 0.25) is 5.02 Å². The van der Waals surface area contributed by atoms with Crippen molar-refractivity contribution in [3.8, 4) is 0 Å². The van der Waals surface area contributed by atoms with E-state index in [4.69, 9.17) is 11.6 Å². The molecule has 1 aliphatic rings. The van der Waals surface area contributed by atoms with Gasteiger partial charge in [-0.3, -0.25) is 9.59 Å². The Balaban J connectivity index is 1.64. The molecule has 2 amide bonds. The van der Waals surface area contributed by atoms with Gasteiger partial charge in [0.05, 0.1) is 6.42 Å². The maximum Gasteiger partial charge on any atom is 0.243 e. The summed E-state index contributed by atoms with van der Waals surface area (Å²) in [7, 11) is 0. The van der Waals surface area contributed by atoms with E-state index in [-0.39, 0.29) is 24.3 Å². The van der Waals surface area contributed by atoms with E-state index in [9.17, 15) is 9.59 Å². The Morgan fingerprint density at radius 3 is 2.17 bits per heavy atom. The number of amides is 2. The standard InChI is InChI=1S/C29H30BrClN2O2/c30-24-14-10-23(11-15-24)20-33(28(34)19-22-12-16-25(31)17-13-22)27(18-21-6-2-1-3-7-21)29(35)32-26-8-4-5-9-26/h1-3,6-7,10-17,26-27H,4-5,8-9,18-20H2,(H,32,35). The fourth-order valence-electron chi connectivity index (χ4n) is 4.59. The fourth-order valence-corrected chi connectivity index (χ4v) is 4.98. The third kappa shape index (κ3) is 7.42. The summed E-state index contributed by atoms with van der Waals surface area (Å²) in [6.45, 7) is 0.356. The molecule has 182 valence electrons. The summed E-state index contributed by atoms with van der Waals surface area (Å²) in [6.07, 6.45) is 4.92. The first-order chi connectivity index (χ1) is 17.0. The molecule has 0 radical (unpaired) electrons. The number of benzene rings is 3. The molecule has 1 N–H and O–H groups in total. The van der Waals surface area contributed by atoms with Crippen LogP contribution in [0.25, 0.3) is 0 Å². The van der Waals surface area contributed by atoms with Crippen LogP contribution in [0.3, 0.4) is 0 Å². The summed E-state index contributed by atoms with van der Waals surface area (Å²) in [5.74, 6) is -0.167. The monoisotopic (exact) mass is 552 g/mol. The van der Waals surface area contributed by atoms with Crippen LogP contribution < -0.4 is 5.32 Å². The molecular formula is C29H30BrClN2O2. The van der Waals surface area contributed by atoms with Gasteiger partial charge in [0, 0.05) is 28.5 Å². The topological polar surface area (TPSA) is 49.4 Å². The molecule has 0 spiro atoms. The van der Waals surface area contributed by atoms with E-state index in [0.29, 0.717) is 18.0 Å². The zero-order chi connectivity index (χ0) is 24.6. The molecule has 0 aromatic heterocycles. The van der Waals surface area contributed by atoms with Crippen LogP contribution >= 0.6 is 27.5 Å². The van der Waals surface area contributed by atoms with E-state index in [2.05, 4.69) is 21.2 Å². The van der Waals surface area contributed by atoms with Crippen molar-refractivity contribution in [1.82, 2.24) is 10.2 Å². The lowest BCUT2D eigenvalue weighted by Crippen LogP contribution is -2.52. The maximum absolute atomic E-state index is 13.7. The smallest absolute Gasteiger partial charge is 0.243 e. The predicted molar refractivity (Wildman–Crippen MR) is 144 cm³/mol. The number of carbonyl (C=O) groups excluding carboxylic acids is 2. The van der Waals surface area contributed by atoms with Gasteiger partial charge in [-0.1, -0.05) is 95.0 Å². The second-order valence-electron chi connectivity index (χ2n) is 9.15. The van der Waals surface area contributed by atoms with E-state index in [1.807, 2.05) is 66.7 Å². The number of hydrogen-bond donors (Lipinski definition) is 1. The van der Waals surface area contributed by atoms with Crippen LogP contribution in [-0.2, 0) is 29.0 Å². The van der Waals surface area contributed by atoms with Crippen molar-refractivity contribution in [3.63, 3.8) is 0 Å². The molecule has 1 atom stereocenters. The number of hydrogen-bond acceptors (Lipinski definition) is 2. The molecule has 0 bridgehead atoms. The number of rotatable bonds is 9. The summed E-state index contributed by atoms with van der Waals surface area (Å²) in [6, 6.07) is 24.7. The third-order valence-corrected chi connectivity index (χ3v) is 7.29. The Bertz CT molecular complexity index is 1110. The Morgan fingerprint density at radius 2 is 1.51 bits per heavy atom. The zero-order valence-electron chi connectivity index (χ0n) is 19.6. The minimum absolute atomic E-state index is 0.0812. The van der Waals surface area contributed by atoms with Gasteiger partial charge in [0.2, 0.25) is 11.8 Å². The molecule has 4 rings (SSSR count). The maximum atomic E-state index is 13.7. The number of carbonyl (C=O) groups is 2. The molecule has 0 saturated heterocycles. The summed E-state index contributed by atoms with van der Waals surface area (Å²) in [5.41, 5.74) is 2.87. The lowest BCUT2D eigenvalue weighted by molar-refractivity contribution is -0.141. The summed E-state index contributed by atoms with van der Waals surface area (Å²) in [4.78, 5) is 29.2. The molecule has 1 unspecified atom stereocenters. The second kappa shape index (κ2) is 12.4. The highest BCUT2D eigenvalue weighted by atomic mass is 79.9. The molecule has 0 aliphatic heterocycles. The number of nitrogens with zero attached hydrogens (tertiary/aromatic N) is 1. The van der Waals surface area contributed by atoms with Crippen molar-refractivity contribution in [2.75, 3.05) is 0 Å². The molecule has 3 aromatic rings. The average molecular weight is 554 g/mol. The van der Waals surface area contributed by atoms with Crippen LogP contribution in [0.1, 0.15) is 42.4 Å². The van der Waals surface area contributed by atoms with Crippen LogP contribution in [0.5, 0.6) is 0 Å². The van der Waals surface area contributed by atoms with E-state index < -0.39 is 6.04 Å². The molecule has 1 aliphatic carbocycles. The van der Waals surface area contributed by atoms with Gasteiger partial charge in [-0.15, -0.1) is 0 Å². The van der Waals surface area contributed by atoms with E-state index in [1.54, 1.807) is 17.0 Å². The van der Waals surface area contributed by atoms with Crippen molar-refractivity contribution in [2.45, 2.75) is 57.2 Å². The molecule has 1 fully saturated rings. The highest BCUT2D eigenvalue weighted by Gasteiger charge is 2.32. The molecule has 0 heterocycles. The normalized spacial score (nSPS) is 14.5. The van der Waals surface area contributed by atoms with Gasteiger partial charge in [-0.05, 0) is 53.8 Å². The molecule has 3 aromatic carbocycles. The van der Waals surface area contributed by atoms with Gasteiger partial charge < -0.3 is 10.2 Å². The van der Waals surface area contributed by atoms with E-state index >= 15 is 0 Å². The SMILES string of the molecule is O=C(NC1CCCC1)C(Cc1ccccc1)N(Cc1ccc(Br)cc1)C(=O)Cc1ccc(Cl)cc1. The first-order valence-electron chi connectivity index (χ1n) is 12.1. The van der Waals surface area contributed by atoms with Gasteiger partial charge in [-0.25, -0.2) is 0 Å². The molecule has 6 heteroatoms. The van der Waals surface area contributed by atoms with Gasteiger partial charge in [0.1, 0.15) is 6.04 Å². The summed E-state index contributed by atoms with van der Waals surface area (Å²) < 4.78 is 0.972. The highest BCUT2D eigenvalue weighted by molar-refractivity contribution is 9.10. The van der Waals surface area contributed by atoms with Crippen molar-refractivity contribution in [2.24, 2.45) is 0 Å². The van der Waals surface area contributed by atoms with Crippen molar-refractivity contribution in [3.05, 3.63) is 105 Å². The zero-order valence-corrected chi connectivity index (χ0v) is 22.0. The second-order valence-corrected chi connectivity index (χ2v) is 10.5. The van der Waals surface area contributed by atoms with Gasteiger partial charge in [-0.2, -0.15) is 0 Å². The Kier molecular flexibility index (Phi) is 9.00. The lowest BCUT2D eigenvalue weighted by atomic mass is 10.0. The molecule has 4 nitrogen and oxygen atoms in total. The Morgan fingerprint density at radius 1 is 0.886 bits per heavy atom. The Labute approximate surface area is 220 Å². The Hall–Kier alpha value is -2.63. The first kappa shape index (κ1) is 25.5. The van der Waals surface area contributed by atoms with Crippen LogP contribution in [0.15, 0.2) is 83.3 Å². The largest absolute Gasteiger partial charge is 0.352 e. The minimum atomic E-state index is -0.610. The third-order valence-electron chi connectivity index (χ3n) is 6.51. The first-order valence-corrected chi connectivity index (χ1v) is 13.3. The van der Waals surface area contributed by atoms with E-state index in [0.717, 1.165) is 46.8 Å². The predicted octanol–water partition coefficient (Wildman–Crippen LogP) is 6.34. The lowest BCUT2D eigenvalue weighted by Gasteiger charge is -2.32. The van der Waals surface area contributed by atoms with E-state index in [1.165, 1.54) is 0 Å². The minimum Gasteiger partial charge on any atom is -0.352 e. The average Bonchev–Trinajstić information content (AvgIpc) is 3.37. The number of halogens is 2. The fraction of sp³-hybridized carbons (Fsp3) is 0.310. The van der Waals surface area contributed by atoms with Gasteiger partial charge in [0.15, 0.2) is 0 Å². The van der Waals surface area contributed by atoms with Gasteiger partial charge in [0.25, 0.3) is 0 Å². The number of nitrogens with one attached hydrogen (secondary N) is 1. The summed E-state index contributed by atoms with van der Waals surface area (Å²) in [5, 5.41) is 3.87. The highest BCUT2D eigenvalue weighted by Crippen LogP contribution is 2.21. The molecular weight excluding hydrogens is 524 g/mol. The van der Waals surface area contributed by atoms with Crippen LogP contribution in [0, 0.1) is 0 Å². The summed E-state index contributed by atoms with van der Waals surface area (Å²) >= 11 is 9.52. The van der Waals surface area contributed by atoms with Gasteiger partial charge >= 0.3 is 0 Å². The van der Waals surface area contributed by atoms with Crippen LogP contribution in [-0.4, -0.2) is 28.8 Å².